The summed E-state index contributed by atoms with van der Waals surface area (Å²) >= 11 is 0. The Morgan fingerprint density at radius 1 is 1.22 bits per heavy atom. The first-order valence-corrected chi connectivity index (χ1v) is 10.7. The summed E-state index contributed by atoms with van der Waals surface area (Å²) in [6.45, 7) is 6.15. The van der Waals surface area contributed by atoms with E-state index in [0.717, 1.165) is 24.3 Å². The third-order valence-corrected chi connectivity index (χ3v) is 6.58. The number of hydrogen-bond acceptors (Lipinski definition) is 4. The number of nitrogens with two attached hydrogens (primary N) is 1. The molecule has 2 aliphatic heterocycles. The van der Waals surface area contributed by atoms with Gasteiger partial charge in [-0.2, -0.15) is 0 Å². The van der Waals surface area contributed by atoms with Gasteiger partial charge in [0.1, 0.15) is 0 Å². The fraction of sp³-hybridized carbons (Fsp3) is 0.421. The Labute approximate surface area is 159 Å². The Morgan fingerprint density at radius 3 is 2.74 bits per heavy atom. The lowest BCUT2D eigenvalue weighted by Crippen LogP contribution is -2.46. The van der Waals surface area contributed by atoms with Crippen molar-refractivity contribution in [2.75, 3.05) is 18.0 Å². The number of carbonyl (C=O) groups excluding carboxylic acids is 1. The summed E-state index contributed by atoms with van der Waals surface area (Å²) in [6.07, 6.45) is 2.70. The highest BCUT2D eigenvalue weighted by molar-refractivity contribution is 7.89. The van der Waals surface area contributed by atoms with Gasteiger partial charge >= 0.3 is 0 Å². The van der Waals surface area contributed by atoms with E-state index >= 15 is 0 Å². The summed E-state index contributed by atoms with van der Waals surface area (Å²) in [6, 6.07) is 9.07. The molecule has 4 rings (SSSR count). The molecule has 0 radical (unpaired) electrons. The van der Waals surface area contributed by atoms with Crippen LogP contribution >= 0.6 is 0 Å². The van der Waals surface area contributed by atoms with E-state index in [-0.39, 0.29) is 22.9 Å². The van der Waals surface area contributed by atoms with Gasteiger partial charge in [0.2, 0.25) is 15.9 Å². The molecule has 1 aromatic heterocycles. The van der Waals surface area contributed by atoms with Crippen molar-refractivity contribution in [3.63, 3.8) is 0 Å². The summed E-state index contributed by atoms with van der Waals surface area (Å²) in [5.41, 5.74) is 2.86. The van der Waals surface area contributed by atoms with Gasteiger partial charge in [-0.3, -0.25) is 9.69 Å². The first kappa shape index (κ1) is 18.2. The molecule has 0 unspecified atom stereocenters. The number of hydrogen-bond donors (Lipinski definition) is 1. The molecule has 0 aliphatic carbocycles. The van der Waals surface area contributed by atoms with Crippen molar-refractivity contribution >= 4 is 21.6 Å². The Morgan fingerprint density at radius 2 is 2.00 bits per heavy atom. The number of nitrogens with zero attached hydrogens (tertiary/aromatic N) is 3. The number of anilines is 1. The third kappa shape index (κ3) is 3.18. The van der Waals surface area contributed by atoms with Crippen molar-refractivity contribution in [3.8, 4) is 0 Å². The maximum absolute atomic E-state index is 13.1. The summed E-state index contributed by atoms with van der Waals surface area (Å²) in [5, 5.41) is 5.23. The van der Waals surface area contributed by atoms with E-state index in [1.807, 2.05) is 13.0 Å². The van der Waals surface area contributed by atoms with Crippen molar-refractivity contribution in [3.05, 3.63) is 47.8 Å². The molecule has 27 heavy (non-hydrogen) atoms. The minimum atomic E-state index is -3.75. The molecule has 2 aliphatic rings. The van der Waals surface area contributed by atoms with Crippen LogP contribution in [0.25, 0.3) is 0 Å². The molecule has 0 spiro atoms. The number of fused-ring (bicyclic) bond motifs is 2. The number of aromatic nitrogens is 1. The molecule has 2 aromatic rings. The normalized spacial score (nSPS) is 22.6. The van der Waals surface area contributed by atoms with Gasteiger partial charge in [0, 0.05) is 42.8 Å². The molecule has 1 aromatic carbocycles. The predicted molar refractivity (Wildman–Crippen MR) is 103 cm³/mol. The lowest BCUT2D eigenvalue weighted by Gasteiger charge is -2.36. The summed E-state index contributed by atoms with van der Waals surface area (Å²) in [7, 11) is -3.75. The van der Waals surface area contributed by atoms with Crippen LogP contribution in [-0.2, 0) is 27.8 Å². The predicted octanol–water partition coefficient (Wildman–Crippen LogP) is 1.49. The second kappa shape index (κ2) is 6.47. The van der Waals surface area contributed by atoms with Crippen LogP contribution in [0.4, 0.5) is 5.69 Å². The fourth-order valence-electron chi connectivity index (χ4n) is 4.26. The third-order valence-electron chi connectivity index (χ3n) is 5.67. The van der Waals surface area contributed by atoms with E-state index in [1.54, 1.807) is 17.0 Å². The van der Waals surface area contributed by atoms with Crippen LogP contribution in [0.3, 0.4) is 0 Å². The van der Waals surface area contributed by atoms with E-state index in [1.165, 1.54) is 11.8 Å². The molecule has 1 amide bonds. The molecule has 3 heterocycles. The largest absolute Gasteiger partial charge is 0.349 e. The standard InChI is InChI=1S/C19H24N4O3S/c1-13-10-15-11-16(27(20,25)26)5-6-18(15)23(13)19(24)12-22-9-8-21-7-3-4-17(21)14(22)2/h3-7,11,13-14H,8-10,12H2,1-2H3,(H2,20,25,26)/t13-,14-/m1/s1. The van der Waals surface area contributed by atoms with Crippen molar-refractivity contribution in [1.82, 2.24) is 9.47 Å². The van der Waals surface area contributed by atoms with Crippen LogP contribution in [0.5, 0.6) is 0 Å². The van der Waals surface area contributed by atoms with E-state index in [0.29, 0.717) is 13.0 Å². The second-order valence-corrected chi connectivity index (χ2v) is 8.99. The average molecular weight is 388 g/mol. The Kier molecular flexibility index (Phi) is 4.37. The molecule has 8 heteroatoms. The highest BCUT2D eigenvalue weighted by atomic mass is 32.2. The number of sulfonamides is 1. The Balaban J connectivity index is 1.55. The number of carbonyl (C=O) groups is 1. The molecule has 2 atom stereocenters. The van der Waals surface area contributed by atoms with Crippen molar-refractivity contribution < 1.29 is 13.2 Å². The monoisotopic (exact) mass is 388 g/mol. The van der Waals surface area contributed by atoms with Crippen LogP contribution in [0, 0.1) is 0 Å². The number of rotatable bonds is 3. The van der Waals surface area contributed by atoms with Crippen molar-refractivity contribution in [2.24, 2.45) is 5.14 Å². The van der Waals surface area contributed by atoms with Crippen LogP contribution < -0.4 is 10.0 Å². The zero-order valence-electron chi connectivity index (χ0n) is 15.5. The smallest absolute Gasteiger partial charge is 0.241 e. The van der Waals surface area contributed by atoms with Gasteiger partial charge in [0.15, 0.2) is 0 Å². The molecule has 2 N–H and O–H groups in total. The van der Waals surface area contributed by atoms with Gasteiger partial charge < -0.3 is 9.47 Å². The molecule has 0 bridgehead atoms. The van der Waals surface area contributed by atoms with Gasteiger partial charge in [-0.1, -0.05) is 0 Å². The van der Waals surface area contributed by atoms with Crippen molar-refractivity contribution in [2.45, 2.75) is 43.8 Å². The topological polar surface area (TPSA) is 88.6 Å². The van der Waals surface area contributed by atoms with Crippen LogP contribution in [-0.4, -0.2) is 42.9 Å². The zero-order valence-corrected chi connectivity index (χ0v) is 16.3. The Hall–Kier alpha value is -2.16. The first-order valence-electron chi connectivity index (χ1n) is 9.12. The number of benzene rings is 1. The first-order chi connectivity index (χ1) is 12.8. The van der Waals surface area contributed by atoms with Gasteiger partial charge in [0.25, 0.3) is 0 Å². The molecular weight excluding hydrogens is 364 g/mol. The van der Waals surface area contributed by atoms with E-state index in [4.69, 9.17) is 5.14 Å². The van der Waals surface area contributed by atoms with E-state index in [9.17, 15) is 13.2 Å². The second-order valence-electron chi connectivity index (χ2n) is 7.43. The van der Waals surface area contributed by atoms with Gasteiger partial charge in [-0.15, -0.1) is 0 Å². The molecular formula is C19H24N4O3S. The SMILES string of the molecule is C[C@@H]1c2cccn2CCN1CC(=O)N1c2ccc(S(N)(=O)=O)cc2C[C@H]1C. The van der Waals surface area contributed by atoms with Gasteiger partial charge in [0.05, 0.1) is 11.4 Å². The molecule has 0 saturated heterocycles. The fourth-order valence-corrected chi connectivity index (χ4v) is 4.82. The van der Waals surface area contributed by atoms with Gasteiger partial charge in [-0.25, -0.2) is 13.6 Å². The summed E-state index contributed by atoms with van der Waals surface area (Å²) < 4.78 is 25.4. The lowest BCUT2D eigenvalue weighted by atomic mass is 10.1. The maximum Gasteiger partial charge on any atom is 0.241 e. The number of amides is 1. The highest BCUT2D eigenvalue weighted by Crippen LogP contribution is 2.34. The molecule has 7 nitrogen and oxygen atoms in total. The highest BCUT2D eigenvalue weighted by Gasteiger charge is 2.34. The maximum atomic E-state index is 13.1. The summed E-state index contributed by atoms with van der Waals surface area (Å²) in [4.78, 5) is 17.2. The minimum absolute atomic E-state index is 0.00723. The number of primary sulfonamides is 1. The quantitative estimate of drug-likeness (QED) is 0.863. The zero-order chi connectivity index (χ0) is 19.3. The average Bonchev–Trinajstić information content (AvgIpc) is 3.19. The van der Waals surface area contributed by atoms with E-state index in [2.05, 4.69) is 28.7 Å². The van der Waals surface area contributed by atoms with Gasteiger partial charge in [-0.05, 0) is 56.2 Å². The van der Waals surface area contributed by atoms with E-state index < -0.39 is 10.0 Å². The minimum Gasteiger partial charge on any atom is -0.349 e. The molecule has 0 saturated carbocycles. The molecule has 0 fully saturated rings. The van der Waals surface area contributed by atoms with Crippen molar-refractivity contribution in [1.29, 1.82) is 0 Å². The Bertz CT molecular complexity index is 998. The van der Waals surface area contributed by atoms with Crippen LogP contribution in [0.15, 0.2) is 41.4 Å². The van der Waals surface area contributed by atoms with Crippen LogP contribution in [0.1, 0.15) is 31.1 Å². The lowest BCUT2D eigenvalue weighted by molar-refractivity contribution is -0.120. The molecule has 144 valence electrons. The van der Waals surface area contributed by atoms with Crippen LogP contribution in [0.2, 0.25) is 0 Å². The summed E-state index contributed by atoms with van der Waals surface area (Å²) in [5.74, 6) is 0.0384.